The van der Waals surface area contributed by atoms with Gasteiger partial charge >= 0.3 is 6.09 Å². The lowest BCUT2D eigenvalue weighted by Crippen LogP contribution is -2.17. The zero-order valence-corrected chi connectivity index (χ0v) is 17.7. The van der Waals surface area contributed by atoms with Gasteiger partial charge in [0.25, 0.3) is 0 Å². The molecule has 0 unspecified atom stereocenters. The van der Waals surface area contributed by atoms with Gasteiger partial charge in [0.2, 0.25) is 0 Å². The molecule has 1 aromatic heterocycles. The molecule has 1 N–H and O–H groups in total. The van der Waals surface area contributed by atoms with Crippen LogP contribution < -0.4 is 5.32 Å². The average molecular weight is 431 g/mol. The standard InChI is InChI=1S/C25H19ClN2O3/c1-4-17-9-10-19-14-20(12-11-18(19)13-17)24-23(15(2)28-31-24)27-25(29)30-16(3)21-7-5-6-8-22(21)26/h1,5-14,16H,2-3H3,(H,27,29)/t16-/m1/s1. The van der Waals surface area contributed by atoms with Crippen molar-refractivity contribution < 1.29 is 14.1 Å². The Labute approximate surface area is 185 Å². The van der Waals surface area contributed by atoms with Crippen molar-refractivity contribution in [3.63, 3.8) is 0 Å². The molecule has 0 bridgehead atoms. The zero-order chi connectivity index (χ0) is 22.0. The van der Waals surface area contributed by atoms with Gasteiger partial charge in [0.15, 0.2) is 5.76 Å². The molecule has 0 aliphatic heterocycles. The van der Waals surface area contributed by atoms with Crippen LogP contribution in [0.3, 0.4) is 0 Å². The number of aromatic nitrogens is 1. The minimum Gasteiger partial charge on any atom is -0.441 e. The molecule has 3 aromatic carbocycles. The minimum absolute atomic E-state index is 0.447. The molecule has 6 heteroatoms. The number of benzene rings is 3. The van der Waals surface area contributed by atoms with Gasteiger partial charge in [0, 0.05) is 21.7 Å². The first-order valence-electron chi connectivity index (χ1n) is 9.65. The van der Waals surface area contributed by atoms with Crippen molar-refractivity contribution in [3.05, 3.63) is 82.5 Å². The number of halogens is 1. The van der Waals surface area contributed by atoms with Crippen LogP contribution in [0, 0.1) is 19.3 Å². The third-order valence-electron chi connectivity index (χ3n) is 4.99. The second-order valence-corrected chi connectivity index (χ2v) is 7.49. The van der Waals surface area contributed by atoms with E-state index in [0.717, 1.165) is 27.5 Å². The van der Waals surface area contributed by atoms with Gasteiger partial charge in [-0.15, -0.1) is 6.42 Å². The number of rotatable bonds is 4. The van der Waals surface area contributed by atoms with Gasteiger partial charge in [-0.25, -0.2) is 4.79 Å². The number of terminal acetylenes is 1. The number of nitrogens with zero attached hydrogens (tertiary/aromatic N) is 1. The number of amides is 1. The topological polar surface area (TPSA) is 64.4 Å². The summed E-state index contributed by atoms with van der Waals surface area (Å²) in [5.41, 5.74) is 3.31. The Hall–Kier alpha value is -3.75. The molecule has 1 atom stereocenters. The molecule has 0 radical (unpaired) electrons. The number of hydrogen-bond acceptors (Lipinski definition) is 4. The molecule has 0 saturated heterocycles. The number of anilines is 1. The van der Waals surface area contributed by atoms with Crippen molar-refractivity contribution in [1.29, 1.82) is 0 Å². The Morgan fingerprint density at radius 1 is 1.16 bits per heavy atom. The van der Waals surface area contributed by atoms with Gasteiger partial charge in [-0.05, 0) is 48.9 Å². The number of ether oxygens (including phenoxy) is 1. The molecule has 154 valence electrons. The molecule has 0 spiro atoms. The molecule has 1 amide bonds. The fraction of sp³-hybridized carbons (Fsp3) is 0.120. The second-order valence-electron chi connectivity index (χ2n) is 7.09. The van der Waals surface area contributed by atoms with Crippen LogP contribution in [0.25, 0.3) is 22.1 Å². The summed E-state index contributed by atoms with van der Waals surface area (Å²) in [4.78, 5) is 12.6. The van der Waals surface area contributed by atoms with Crippen molar-refractivity contribution in [3.8, 4) is 23.7 Å². The van der Waals surface area contributed by atoms with Gasteiger partial charge < -0.3 is 9.26 Å². The quantitative estimate of drug-likeness (QED) is 0.364. The lowest BCUT2D eigenvalue weighted by Gasteiger charge is -2.15. The summed E-state index contributed by atoms with van der Waals surface area (Å²) in [6, 6.07) is 18.8. The van der Waals surface area contributed by atoms with Gasteiger partial charge in [-0.3, -0.25) is 5.32 Å². The fourth-order valence-corrected chi connectivity index (χ4v) is 3.64. The monoisotopic (exact) mass is 430 g/mol. The summed E-state index contributed by atoms with van der Waals surface area (Å²) in [7, 11) is 0. The molecule has 1 heterocycles. The first-order chi connectivity index (χ1) is 15.0. The third-order valence-corrected chi connectivity index (χ3v) is 5.33. The van der Waals surface area contributed by atoms with Crippen LogP contribution in [0.2, 0.25) is 5.02 Å². The number of hydrogen-bond donors (Lipinski definition) is 1. The molecule has 31 heavy (non-hydrogen) atoms. The predicted molar refractivity (Wildman–Crippen MR) is 122 cm³/mol. The highest BCUT2D eigenvalue weighted by Crippen LogP contribution is 2.33. The number of nitrogens with one attached hydrogen (secondary N) is 1. The molecule has 0 aliphatic rings. The van der Waals surface area contributed by atoms with E-state index in [2.05, 4.69) is 16.4 Å². The van der Waals surface area contributed by atoms with E-state index < -0.39 is 12.2 Å². The molecule has 5 nitrogen and oxygen atoms in total. The Morgan fingerprint density at radius 3 is 2.68 bits per heavy atom. The van der Waals surface area contributed by atoms with Crippen LogP contribution in [0.5, 0.6) is 0 Å². The molecule has 4 rings (SSSR count). The summed E-state index contributed by atoms with van der Waals surface area (Å²) in [6.07, 6.45) is 4.33. The lowest BCUT2D eigenvalue weighted by atomic mass is 10.0. The smallest absolute Gasteiger partial charge is 0.412 e. The van der Waals surface area contributed by atoms with Crippen LogP contribution in [-0.2, 0) is 4.74 Å². The number of fused-ring (bicyclic) bond motifs is 1. The molecule has 0 saturated carbocycles. The van der Waals surface area contributed by atoms with E-state index in [1.807, 2.05) is 54.6 Å². The SMILES string of the molecule is C#Cc1ccc2cc(-c3onc(C)c3NC(=O)O[C@H](C)c3ccccc3Cl)ccc2c1. The van der Waals surface area contributed by atoms with Crippen molar-refractivity contribution in [2.45, 2.75) is 20.0 Å². The van der Waals surface area contributed by atoms with E-state index >= 15 is 0 Å². The van der Waals surface area contributed by atoms with Gasteiger partial charge in [-0.1, -0.05) is 59.1 Å². The van der Waals surface area contributed by atoms with E-state index in [1.54, 1.807) is 19.9 Å². The zero-order valence-electron chi connectivity index (χ0n) is 17.0. The first-order valence-corrected chi connectivity index (χ1v) is 10.0. The Balaban J connectivity index is 1.58. The Kier molecular flexibility index (Phi) is 5.66. The first kappa shape index (κ1) is 20.5. The normalized spacial score (nSPS) is 11.7. The third kappa shape index (κ3) is 4.25. The maximum absolute atomic E-state index is 12.6. The minimum atomic E-state index is -0.626. The average Bonchev–Trinajstić information content (AvgIpc) is 3.13. The van der Waals surface area contributed by atoms with Crippen LogP contribution in [0.4, 0.5) is 10.5 Å². The Bertz CT molecular complexity index is 1320. The highest BCUT2D eigenvalue weighted by molar-refractivity contribution is 6.31. The van der Waals surface area contributed by atoms with E-state index in [-0.39, 0.29) is 0 Å². The maximum Gasteiger partial charge on any atom is 0.412 e. The van der Waals surface area contributed by atoms with E-state index in [4.69, 9.17) is 27.3 Å². The van der Waals surface area contributed by atoms with Crippen molar-refractivity contribution in [1.82, 2.24) is 5.16 Å². The number of aryl methyl sites for hydroxylation is 1. The molecular weight excluding hydrogens is 412 g/mol. The molecule has 0 aliphatic carbocycles. The van der Waals surface area contributed by atoms with Gasteiger partial charge in [0.05, 0.1) is 0 Å². The van der Waals surface area contributed by atoms with E-state index in [9.17, 15) is 4.79 Å². The largest absolute Gasteiger partial charge is 0.441 e. The van der Waals surface area contributed by atoms with Gasteiger partial charge in [-0.2, -0.15) is 0 Å². The summed E-state index contributed by atoms with van der Waals surface area (Å²) < 4.78 is 11.0. The molecular formula is C25H19ClN2O3. The van der Waals surface area contributed by atoms with Gasteiger partial charge in [0.1, 0.15) is 17.5 Å². The maximum atomic E-state index is 12.6. The second kappa shape index (κ2) is 8.55. The fourth-order valence-electron chi connectivity index (χ4n) is 3.35. The highest BCUT2D eigenvalue weighted by Gasteiger charge is 2.20. The highest BCUT2D eigenvalue weighted by atomic mass is 35.5. The lowest BCUT2D eigenvalue weighted by molar-refractivity contribution is 0.121. The van der Waals surface area contributed by atoms with Crippen molar-refractivity contribution in [2.75, 3.05) is 5.32 Å². The van der Waals surface area contributed by atoms with Crippen LogP contribution in [0.1, 0.15) is 29.8 Å². The number of carbonyl (C=O) groups excluding carboxylic acids is 1. The van der Waals surface area contributed by atoms with Crippen LogP contribution in [-0.4, -0.2) is 11.2 Å². The predicted octanol–water partition coefficient (Wildman–Crippen LogP) is 6.75. The van der Waals surface area contributed by atoms with Crippen LogP contribution >= 0.6 is 11.6 Å². The summed E-state index contributed by atoms with van der Waals surface area (Å²) in [5.74, 6) is 3.08. The van der Waals surface area contributed by atoms with E-state index in [1.165, 1.54) is 0 Å². The van der Waals surface area contributed by atoms with Crippen molar-refractivity contribution in [2.24, 2.45) is 0 Å². The summed E-state index contributed by atoms with van der Waals surface area (Å²) in [5, 5.41) is 9.31. The van der Waals surface area contributed by atoms with Crippen LogP contribution in [0.15, 0.2) is 65.2 Å². The van der Waals surface area contributed by atoms with Crippen molar-refractivity contribution >= 4 is 34.2 Å². The molecule has 4 aromatic rings. The summed E-state index contributed by atoms with van der Waals surface area (Å²) >= 11 is 6.19. The van der Waals surface area contributed by atoms with E-state index in [0.29, 0.717) is 22.2 Å². The number of carbonyl (C=O) groups is 1. The Morgan fingerprint density at radius 2 is 1.90 bits per heavy atom. The molecule has 0 fully saturated rings. The summed E-state index contributed by atoms with van der Waals surface area (Å²) in [6.45, 7) is 3.51.